The highest BCUT2D eigenvalue weighted by Crippen LogP contribution is 2.26. The number of hydrogen-bond acceptors (Lipinski definition) is 3. The van der Waals surface area contributed by atoms with Crippen molar-refractivity contribution in [3.05, 3.63) is 41.1 Å². The van der Waals surface area contributed by atoms with Gasteiger partial charge in [-0.25, -0.2) is 0 Å². The second-order valence-corrected chi connectivity index (χ2v) is 3.28. The van der Waals surface area contributed by atoms with Crippen LogP contribution in [0.25, 0.3) is 5.70 Å². The molecule has 0 amide bonds. The van der Waals surface area contributed by atoms with E-state index in [4.69, 9.17) is 4.74 Å². The molecular weight excluding hydrogens is 182 g/mol. The lowest BCUT2D eigenvalue weighted by molar-refractivity contribution is 0.414. The Bertz CT molecular complexity index is 335. The van der Waals surface area contributed by atoms with Crippen LogP contribution in [0.5, 0.6) is 5.75 Å². The van der Waals surface area contributed by atoms with Crippen LogP contribution in [0.2, 0.25) is 0 Å². The maximum atomic E-state index is 5.13. The zero-order chi connectivity index (χ0) is 9.10. The molecule has 2 radical (unpaired) electrons. The second-order valence-electron chi connectivity index (χ2n) is 2.61. The van der Waals surface area contributed by atoms with Gasteiger partial charge in [-0.15, -0.1) is 0 Å². The van der Waals surface area contributed by atoms with E-state index >= 15 is 0 Å². The van der Waals surface area contributed by atoms with E-state index in [1.54, 1.807) is 7.11 Å². The van der Waals surface area contributed by atoms with Crippen LogP contribution >= 0.6 is 11.8 Å². The molecule has 66 valence electrons. The molecule has 0 aliphatic carbocycles. The third-order valence-electron chi connectivity index (χ3n) is 1.80. The van der Waals surface area contributed by atoms with Crippen molar-refractivity contribution in [3.63, 3.8) is 0 Å². The predicted molar refractivity (Wildman–Crippen MR) is 54.9 cm³/mol. The van der Waals surface area contributed by atoms with Crippen LogP contribution in [-0.2, 0) is 0 Å². The number of hydrogen-bond donors (Lipinski definition) is 1. The number of nitrogens with one attached hydrogen (secondary N) is 1. The summed E-state index contributed by atoms with van der Waals surface area (Å²) < 4.78 is 5.13. The van der Waals surface area contributed by atoms with Crippen LogP contribution in [0.1, 0.15) is 5.56 Å². The summed E-state index contributed by atoms with van der Waals surface area (Å²) in [6.07, 6.45) is 0. The highest BCUT2D eigenvalue weighted by Gasteiger charge is 2.07. The summed E-state index contributed by atoms with van der Waals surface area (Å²) in [6, 6.07) is 7.93. The van der Waals surface area contributed by atoms with E-state index in [2.05, 4.69) is 11.2 Å². The molecule has 0 spiro atoms. The minimum atomic E-state index is 0.872. The molecule has 0 atom stereocenters. The molecule has 0 aromatic heterocycles. The van der Waals surface area contributed by atoms with Crippen molar-refractivity contribution in [2.45, 2.75) is 0 Å². The normalized spacial score (nSPS) is 15.0. The summed E-state index contributed by atoms with van der Waals surface area (Å²) >= 11 is 1.53. The highest BCUT2D eigenvalue weighted by atomic mass is 32.2. The van der Waals surface area contributed by atoms with Gasteiger partial charge in [0.25, 0.3) is 0 Å². The summed E-state index contributed by atoms with van der Waals surface area (Å²) in [5.41, 5.74) is 2.20. The Morgan fingerprint density at radius 2 is 2.38 bits per heavy atom. The Kier molecular flexibility index (Phi) is 2.45. The van der Waals surface area contributed by atoms with Gasteiger partial charge in [-0.05, 0) is 17.5 Å². The molecule has 1 aromatic rings. The average Bonchev–Trinajstić information content (AvgIpc) is 2.71. The molecule has 2 nitrogen and oxygen atoms in total. The predicted octanol–water partition coefficient (Wildman–Crippen LogP) is 2.33. The SMILES string of the molecule is COc1cccc(C2=CS[C]N2)c1. The fourth-order valence-corrected chi connectivity index (χ4v) is 1.67. The molecule has 2 rings (SSSR count). The summed E-state index contributed by atoms with van der Waals surface area (Å²) in [6.45, 7) is 0. The van der Waals surface area contributed by atoms with Gasteiger partial charge in [0.15, 0.2) is 5.88 Å². The molecule has 3 heteroatoms. The molecule has 0 fully saturated rings. The third-order valence-corrected chi connectivity index (χ3v) is 2.38. The Morgan fingerprint density at radius 1 is 1.46 bits per heavy atom. The van der Waals surface area contributed by atoms with Gasteiger partial charge >= 0.3 is 0 Å². The molecule has 1 aromatic carbocycles. The first-order valence-corrected chi connectivity index (χ1v) is 4.79. The van der Waals surface area contributed by atoms with Gasteiger partial charge in [-0.3, -0.25) is 0 Å². The first-order chi connectivity index (χ1) is 6.40. The maximum absolute atomic E-state index is 5.13. The average molecular weight is 191 g/mol. The van der Waals surface area contributed by atoms with Crippen molar-refractivity contribution in [3.8, 4) is 5.75 Å². The second kappa shape index (κ2) is 3.75. The summed E-state index contributed by atoms with van der Waals surface area (Å²) in [7, 11) is 1.67. The molecule has 0 bridgehead atoms. The van der Waals surface area contributed by atoms with Crippen LogP contribution in [0.4, 0.5) is 0 Å². The van der Waals surface area contributed by atoms with Crippen molar-refractivity contribution in [2.24, 2.45) is 0 Å². The van der Waals surface area contributed by atoms with E-state index < -0.39 is 0 Å². The smallest absolute Gasteiger partial charge is 0.161 e. The van der Waals surface area contributed by atoms with Crippen molar-refractivity contribution in [1.29, 1.82) is 0 Å². The zero-order valence-corrected chi connectivity index (χ0v) is 8.02. The first kappa shape index (κ1) is 8.51. The Hall–Kier alpha value is -1.09. The third kappa shape index (κ3) is 1.80. The highest BCUT2D eigenvalue weighted by molar-refractivity contribution is 8.04. The Morgan fingerprint density at radius 3 is 3.08 bits per heavy atom. The van der Waals surface area contributed by atoms with E-state index in [-0.39, 0.29) is 0 Å². The van der Waals surface area contributed by atoms with E-state index in [9.17, 15) is 0 Å². The summed E-state index contributed by atoms with van der Waals surface area (Å²) in [4.78, 5) is 0. The fourth-order valence-electron chi connectivity index (χ4n) is 1.13. The quantitative estimate of drug-likeness (QED) is 0.775. The Labute approximate surface area is 82.0 Å². The standard InChI is InChI=1S/C10H9NOS/c1-12-9-4-2-3-8(5-9)10-6-13-7-11-10/h2-6,11H,1H3. The van der Waals surface area contributed by atoms with E-state index in [1.165, 1.54) is 11.8 Å². The van der Waals surface area contributed by atoms with Gasteiger partial charge in [-0.2, -0.15) is 0 Å². The van der Waals surface area contributed by atoms with Crippen molar-refractivity contribution >= 4 is 17.5 Å². The molecule has 1 heterocycles. The van der Waals surface area contributed by atoms with Crippen LogP contribution in [0.15, 0.2) is 29.7 Å². The number of benzene rings is 1. The maximum Gasteiger partial charge on any atom is 0.161 e. The Balaban J connectivity index is 2.29. The summed E-state index contributed by atoms with van der Waals surface area (Å²) in [5.74, 6) is 3.81. The lowest BCUT2D eigenvalue weighted by atomic mass is 10.1. The van der Waals surface area contributed by atoms with Crippen molar-refractivity contribution in [2.75, 3.05) is 7.11 Å². The van der Waals surface area contributed by atoms with Crippen LogP contribution in [0.3, 0.4) is 0 Å². The van der Waals surface area contributed by atoms with E-state index in [0.29, 0.717) is 0 Å². The number of methoxy groups -OCH3 is 1. The first-order valence-electron chi connectivity index (χ1n) is 3.91. The van der Waals surface area contributed by atoms with Gasteiger partial charge in [0.2, 0.25) is 0 Å². The van der Waals surface area contributed by atoms with Crippen LogP contribution < -0.4 is 10.1 Å². The molecule has 1 aliphatic rings. The lowest BCUT2D eigenvalue weighted by Gasteiger charge is -2.05. The van der Waals surface area contributed by atoms with Crippen LogP contribution in [0, 0.1) is 5.88 Å². The lowest BCUT2D eigenvalue weighted by Crippen LogP contribution is -2.00. The minimum absolute atomic E-state index is 0.872. The van der Waals surface area contributed by atoms with Gasteiger partial charge in [0, 0.05) is 11.3 Å². The zero-order valence-electron chi connectivity index (χ0n) is 7.20. The monoisotopic (exact) mass is 191 g/mol. The van der Waals surface area contributed by atoms with Crippen molar-refractivity contribution < 1.29 is 4.74 Å². The summed E-state index contributed by atoms with van der Waals surface area (Å²) in [5, 5.41) is 5.07. The largest absolute Gasteiger partial charge is 0.497 e. The number of thioether (sulfide) groups is 1. The molecule has 13 heavy (non-hydrogen) atoms. The van der Waals surface area contributed by atoms with Crippen LogP contribution in [-0.4, -0.2) is 7.11 Å². The molecule has 0 unspecified atom stereocenters. The van der Waals surface area contributed by atoms with Gasteiger partial charge < -0.3 is 10.1 Å². The molecular formula is C10H9NOS. The van der Waals surface area contributed by atoms with Gasteiger partial charge in [0.05, 0.1) is 7.11 Å². The fraction of sp³-hybridized carbons (Fsp3) is 0.100. The molecule has 1 N–H and O–H groups in total. The van der Waals surface area contributed by atoms with Crippen molar-refractivity contribution in [1.82, 2.24) is 5.32 Å². The van der Waals surface area contributed by atoms with E-state index in [0.717, 1.165) is 17.0 Å². The number of ether oxygens (including phenoxy) is 1. The molecule has 0 saturated carbocycles. The van der Waals surface area contributed by atoms with Gasteiger partial charge in [-0.1, -0.05) is 23.9 Å². The molecule has 0 saturated heterocycles. The van der Waals surface area contributed by atoms with E-state index in [1.807, 2.05) is 29.7 Å². The molecule has 1 aliphatic heterocycles. The minimum Gasteiger partial charge on any atom is -0.497 e. The topological polar surface area (TPSA) is 21.3 Å². The number of rotatable bonds is 2. The van der Waals surface area contributed by atoms with Gasteiger partial charge in [0.1, 0.15) is 5.75 Å².